The van der Waals surface area contributed by atoms with E-state index in [-0.39, 0.29) is 11.3 Å². The van der Waals surface area contributed by atoms with Gasteiger partial charge in [0, 0.05) is 53.7 Å². The van der Waals surface area contributed by atoms with Gasteiger partial charge in [-0.05, 0) is 80.2 Å². The Morgan fingerprint density at radius 3 is 2.14 bits per heavy atom. The number of methoxy groups -OCH3 is 3. The smallest absolute Gasteiger partial charge is 0.323 e. The Kier molecular flexibility index (Phi) is 13.5. The number of amides is 3. The molecule has 0 spiro atoms. The normalized spacial score (nSPS) is 13.9. The predicted molar refractivity (Wildman–Crippen MR) is 236 cm³/mol. The Balaban J connectivity index is 1.18. The van der Waals surface area contributed by atoms with Crippen LogP contribution < -0.4 is 44.9 Å². The summed E-state index contributed by atoms with van der Waals surface area (Å²) in [6.45, 7) is 8.79. The van der Waals surface area contributed by atoms with E-state index in [2.05, 4.69) is 63.7 Å². The molecule has 0 bridgehead atoms. The summed E-state index contributed by atoms with van der Waals surface area (Å²) < 4.78 is 38.4. The first-order valence-corrected chi connectivity index (χ1v) is 20.9. The summed E-state index contributed by atoms with van der Waals surface area (Å²) >= 11 is 0. The van der Waals surface area contributed by atoms with Gasteiger partial charge in [0.2, 0.25) is 0 Å². The van der Waals surface area contributed by atoms with Crippen LogP contribution in [-0.4, -0.2) is 80.3 Å². The summed E-state index contributed by atoms with van der Waals surface area (Å²) in [5, 5.41) is 13.8. The number of hydrogen-bond acceptors (Lipinski definition) is 10. The second-order valence-corrected chi connectivity index (χ2v) is 16.6. The van der Waals surface area contributed by atoms with E-state index in [0.29, 0.717) is 75.3 Å². The maximum atomic E-state index is 13.5. The molecule has 0 radical (unpaired) electrons. The molecule has 0 saturated carbocycles. The fourth-order valence-electron chi connectivity index (χ4n) is 6.97. The summed E-state index contributed by atoms with van der Waals surface area (Å²) in [4.78, 5) is 33.7. The molecule has 312 valence electrons. The van der Waals surface area contributed by atoms with E-state index >= 15 is 0 Å². The van der Waals surface area contributed by atoms with Crippen molar-refractivity contribution in [3.63, 3.8) is 0 Å². The van der Waals surface area contributed by atoms with Crippen LogP contribution in [0, 0.1) is 5.92 Å². The number of nitrogens with zero attached hydrogens (tertiary/aromatic N) is 2. The highest BCUT2D eigenvalue weighted by Gasteiger charge is 2.24. The minimum Gasteiger partial charge on any atom is -0.496 e. The number of nitrogens with one attached hydrogen (secondary N) is 5. The molecule has 1 unspecified atom stereocenters. The molecule has 1 aromatic heterocycles. The van der Waals surface area contributed by atoms with Gasteiger partial charge in [0.05, 0.1) is 38.4 Å². The third-order valence-corrected chi connectivity index (χ3v) is 10.7. The number of carbonyl (C=O) groups excluding carboxylic acids is 2. The Morgan fingerprint density at radius 1 is 0.831 bits per heavy atom. The lowest BCUT2D eigenvalue weighted by atomic mass is 9.86. The number of carbonyl (C=O) groups is 2. The van der Waals surface area contributed by atoms with Gasteiger partial charge in [-0.25, -0.2) is 14.0 Å². The van der Waals surface area contributed by atoms with Gasteiger partial charge >= 0.3 is 6.03 Å². The molecule has 5 aromatic rings. The third kappa shape index (κ3) is 10.5. The number of anilines is 5. The van der Waals surface area contributed by atoms with E-state index in [0.717, 1.165) is 42.3 Å². The second kappa shape index (κ2) is 18.7. The molecular weight excluding hydrogens is 771 g/mol. The van der Waals surface area contributed by atoms with Gasteiger partial charge in [-0.15, -0.1) is 0 Å². The first kappa shape index (κ1) is 42.5. The van der Waals surface area contributed by atoms with Crippen molar-refractivity contribution in [2.75, 3.05) is 74.9 Å². The SMILES string of the molecule is COc1cc(Nc2cc(Oc3ccc(NC(=O)Nc4cc(C(C)(C)C)cc(NS(C)=O)c4OC)c4ccccc34)ccn2)cc(OC)c1C(=O)NCC1CCN(C)CC1. The maximum Gasteiger partial charge on any atom is 0.323 e. The van der Waals surface area contributed by atoms with E-state index in [1.165, 1.54) is 27.6 Å². The van der Waals surface area contributed by atoms with Crippen molar-refractivity contribution in [2.45, 2.75) is 39.0 Å². The lowest BCUT2D eigenvalue weighted by Gasteiger charge is -2.29. The molecule has 1 aliphatic heterocycles. The Bertz CT molecular complexity index is 2320. The van der Waals surface area contributed by atoms with Gasteiger partial charge in [-0.3, -0.25) is 4.79 Å². The van der Waals surface area contributed by atoms with Crippen LogP contribution in [0.3, 0.4) is 0 Å². The lowest BCUT2D eigenvalue weighted by molar-refractivity contribution is 0.0932. The van der Waals surface area contributed by atoms with Gasteiger partial charge in [0.1, 0.15) is 45.4 Å². The molecule has 5 N–H and O–H groups in total. The maximum absolute atomic E-state index is 13.5. The number of piperidine rings is 1. The van der Waals surface area contributed by atoms with Crippen LogP contribution in [0.4, 0.5) is 33.4 Å². The number of ether oxygens (including phenoxy) is 4. The van der Waals surface area contributed by atoms with Crippen molar-refractivity contribution < 1.29 is 32.7 Å². The van der Waals surface area contributed by atoms with Crippen LogP contribution in [0.1, 0.15) is 49.5 Å². The summed E-state index contributed by atoms with van der Waals surface area (Å²) in [5.74, 6) is 2.82. The summed E-state index contributed by atoms with van der Waals surface area (Å²) in [6.07, 6.45) is 5.23. The average molecular weight is 824 g/mol. The number of aromatic nitrogens is 1. The Hall–Kier alpha value is -6.06. The van der Waals surface area contributed by atoms with Crippen molar-refractivity contribution >= 4 is 62.3 Å². The van der Waals surface area contributed by atoms with Crippen molar-refractivity contribution in [3.8, 4) is 28.7 Å². The monoisotopic (exact) mass is 823 g/mol. The molecular formula is C44H53N7O7S. The highest BCUT2D eigenvalue weighted by Crippen LogP contribution is 2.40. The fraction of sp³-hybridized carbons (Fsp3) is 0.341. The highest BCUT2D eigenvalue weighted by molar-refractivity contribution is 7.85. The highest BCUT2D eigenvalue weighted by atomic mass is 32.2. The van der Waals surface area contributed by atoms with Gasteiger partial charge in [0.25, 0.3) is 5.91 Å². The molecule has 3 amide bonds. The Labute approximate surface area is 347 Å². The zero-order valence-electron chi connectivity index (χ0n) is 34.8. The number of hydrogen-bond donors (Lipinski definition) is 5. The topological polar surface area (TPSA) is 164 Å². The van der Waals surface area contributed by atoms with E-state index in [1.54, 1.807) is 42.6 Å². The number of urea groups is 1. The van der Waals surface area contributed by atoms with Crippen molar-refractivity contribution in [1.29, 1.82) is 0 Å². The number of fused-ring (bicyclic) bond motifs is 1. The van der Waals surface area contributed by atoms with Crippen LogP contribution in [0.25, 0.3) is 10.8 Å². The molecule has 0 aliphatic carbocycles. The lowest BCUT2D eigenvalue weighted by Crippen LogP contribution is -2.37. The van der Waals surface area contributed by atoms with Crippen molar-refractivity contribution in [3.05, 3.63) is 90.1 Å². The van der Waals surface area contributed by atoms with E-state index in [4.69, 9.17) is 18.9 Å². The number of likely N-dealkylation sites (tertiary alicyclic amines) is 1. The summed E-state index contributed by atoms with van der Waals surface area (Å²) in [7, 11) is 5.29. The minimum atomic E-state index is -1.37. The van der Waals surface area contributed by atoms with Gasteiger partial charge in [-0.2, -0.15) is 0 Å². The molecule has 2 heterocycles. The quantitative estimate of drug-likeness (QED) is 0.0734. The van der Waals surface area contributed by atoms with E-state index in [9.17, 15) is 13.8 Å². The summed E-state index contributed by atoms with van der Waals surface area (Å²) in [5.41, 5.74) is 3.07. The molecule has 4 aromatic carbocycles. The van der Waals surface area contributed by atoms with Crippen molar-refractivity contribution in [1.82, 2.24) is 15.2 Å². The molecule has 1 saturated heterocycles. The molecule has 59 heavy (non-hydrogen) atoms. The van der Waals surface area contributed by atoms with Crippen LogP contribution in [-0.2, 0) is 16.4 Å². The predicted octanol–water partition coefficient (Wildman–Crippen LogP) is 8.52. The average Bonchev–Trinajstić information content (AvgIpc) is 3.20. The fourth-order valence-corrected chi connectivity index (χ4v) is 7.43. The minimum absolute atomic E-state index is 0.254. The molecule has 1 aliphatic rings. The first-order chi connectivity index (χ1) is 28.3. The third-order valence-electron chi connectivity index (χ3n) is 10.1. The molecule has 6 rings (SSSR count). The Morgan fingerprint density at radius 2 is 1.49 bits per heavy atom. The van der Waals surface area contributed by atoms with Crippen molar-refractivity contribution in [2.24, 2.45) is 5.92 Å². The summed E-state index contributed by atoms with van der Waals surface area (Å²) in [6, 6.07) is 21.4. The van der Waals surface area contributed by atoms with Crippen LogP contribution in [0.15, 0.2) is 79.0 Å². The largest absolute Gasteiger partial charge is 0.496 e. The molecule has 1 fully saturated rings. The van der Waals surface area contributed by atoms with Crippen LogP contribution >= 0.6 is 0 Å². The standard InChI is InChI=1S/C44H53N7O7S/c1-44(2,3)28-21-34(41(57-7)35(22-28)50-59(8)54)49-43(53)48-33-13-14-36(32-12-10-9-11-31(32)33)58-30-15-18-45-39(25-30)47-29-23-37(55-5)40(38(24-29)56-6)42(52)46-26-27-16-19-51(4)20-17-27/h9-15,18,21-25,27,50H,16-17,19-20,26H2,1-8H3,(H,45,47)(H,46,52)(H2,48,49,53). The van der Waals surface area contributed by atoms with Gasteiger partial charge in [0.15, 0.2) is 5.75 Å². The number of benzene rings is 4. The molecule has 15 heteroatoms. The van der Waals surface area contributed by atoms with Crippen LogP contribution in [0.5, 0.6) is 28.7 Å². The molecule has 14 nitrogen and oxygen atoms in total. The zero-order valence-corrected chi connectivity index (χ0v) is 35.6. The number of pyridine rings is 1. The van der Waals surface area contributed by atoms with E-state index < -0.39 is 17.0 Å². The van der Waals surface area contributed by atoms with E-state index in [1.807, 2.05) is 36.4 Å². The zero-order chi connectivity index (χ0) is 42.3. The van der Waals surface area contributed by atoms with Gasteiger partial charge < -0.3 is 49.8 Å². The van der Waals surface area contributed by atoms with Gasteiger partial charge in [-0.1, -0.05) is 45.0 Å². The van der Waals surface area contributed by atoms with Crippen LogP contribution in [0.2, 0.25) is 0 Å². The number of rotatable bonds is 14. The first-order valence-electron chi connectivity index (χ1n) is 19.3. The molecule has 1 atom stereocenters. The second-order valence-electron chi connectivity index (χ2n) is 15.5.